The first-order valence-electron chi connectivity index (χ1n) is 11.6. The lowest BCUT2D eigenvalue weighted by atomic mass is 9.82. The van der Waals surface area contributed by atoms with Crippen LogP contribution in [0.5, 0.6) is 0 Å². The maximum atomic E-state index is 12.3. The van der Waals surface area contributed by atoms with Gasteiger partial charge >= 0.3 is 11.9 Å². The zero-order valence-electron chi connectivity index (χ0n) is 19.2. The molecule has 0 aromatic carbocycles. The second-order valence-corrected chi connectivity index (χ2v) is 9.52. The van der Waals surface area contributed by atoms with Crippen LogP contribution in [0.3, 0.4) is 0 Å². The molecule has 0 spiro atoms. The van der Waals surface area contributed by atoms with E-state index in [0.29, 0.717) is 36.9 Å². The van der Waals surface area contributed by atoms with E-state index in [1.54, 1.807) is 0 Å². The lowest BCUT2D eigenvalue weighted by Gasteiger charge is -2.27. The van der Waals surface area contributed by atoms with E-state index >= 15 is 0 Å². The molecule has 164 valence electrons. The van der Waals surface area contributed by atoms with Gasteiger partial charge in [-0.25, -0.2) is 0 Å². The highest BCUT2D eigenvalue weighted by atomic mass is 16.5. The van der Waals surface area contributed by atoms with E-state index in [0.717, 1.165) is 51.4 Å². The lowest BCUT2D eigenvalue weighted by Crippen LogP contribution is -2.29. The number of carbonyl (C=O) groups excluding carboxylic acids is 2. The van der Waals surface area contributed by atoms with Crippen LogP contribution < -0.4 is 0 Å². The van der Waals surface area contributed by atoms with Gasteiger partial charge in [-0.3, -0.25) is 9.59 Å². The van der Waals surface area contributed by atoms with E-state index in [1.807, 2.05) is 0 Å². The fourth-order valence-corrected chi connectivity index (χ4v) is 4.09. The summed E-state index contributed by atoms with van der Waals surface area (Å²) in [5, 5.41) is 0. The van der Waals surface area contributed by atoms with Gasteiger partial charge in [0.25, 0.3) is 0 Å². The number of hydrogen-bond donors (Lipinski definition) is 0. The Morgan fingerprint density at radius 2 is 1.00 bits per heavy atom. The first-order chi connectivity index (χ1) is 13.3. The minimum absolute atomic E-state index is 0.0517. The van der Waals surface area contributed by atoms with Gasteiger partial charge in [0.2, 0.25) is 0 Å². The first kappa shape index (κ1) is 25.0. The Balaban J connectivity index is 2.26. The molecule has 0 saturated heterocycles. The van der Waals surface area contributed by atoms with Crippen LogP contribution in [-0.4, -0.2) is 25.2 Å². The smallest absolute Gasteiger partial charge is 0.308 e. The average Bonchev–Trinajstić information content (AvgIpc) is 2.69. The molecule has 0 radical (unpaired) electrons. The quantitative estimate of drug-likeness (QED) is 0.378. The molecule has 4 atom stereocenters. The molecular formula is C24H44O4. The second-order valence-electron chi connectivity index (χ2n) is 9.52. The van der Waals surface area contributed by atoms with E-state index < -0.39 is 0 Å². The number of rotatable bonds is 12. The van der Waals surface area contributed by atoms with Gasteiger partial charge in [-0.15, -0.1) is 0 Å². The Morgan fingerprint density at radius 1 is 0.679 bits per heavy atom. The predicted molar refractivity (Wildman–Crippen MR) is 114 cm³/mol. The summed E-state index contributed by atoms with van der Waals surface area (Å²) < 4.78 is 11.1. The van der Waals surface area contributed by atoms with Crippen LogP contribution in [0, 0.1) is 35.5 Å². The normalized spacial score (nSPS) is 24.1. The maximum absolute atomic E-state index is 12.3. The average molecular weight is 397 g/mol. The van der Waals surface area contributed by atoms with E-state index in [9.17, 15) is 9.59 Å². The summed E-state index contributed by atoms with van der Waals surface area (Å²) in [7, 11) is 0. The van der Waals surface area contributed by atoms with Crippen LogP contribution in [0.4, 0.5) is 0 Å². The molecule has 0 bridgehead atoms. The number of esters is 2. The zero-order valence-corrected chi connectivity index (χ0v) is 19.2. The molecule has 4 heteroatoms. The molecule has 1 aliphatic carbocycles. The van der Waals surface area contributed by atoms with Crippen molar-refractivity contribution in [3.63, 3.8) is 0 Å². The number of hydrogen-bond acceptors (Lipinski definition) is 4. The Morgan fingerprint density at radius 3 is 1.29 bits per heavy atom. The second kappa shape index (κ2) is 13.2. The molecule has 1 saturated carbocycles. The van der Waals surface area contributed by atoms with Crippen molar-refractivity contribution in [2.24, 2.45) is 35.5 Å². The molecule has 0 amide bonds. The van der Waals surface area contributed by atoms with Crippen LogP contribution in [0.15, 0.2) is 0 Å². The molecule has 4 unspecified atom stereocenters. The van der Waals surface area contributed by atoms with Gasteiger partial charge in [0.15, 0.2) is 0 Å². The number of carbonyl (C=O) groups is 2. The van der Waals surface area contributed by atoms with Crippen molar-refractivity contribution in [3.05, 3.63) is 0 Å². The number of ether oxygens (including phenoxy) is 2. The van der Waals surface area contributed by atoms with Gasteiger partial charge in [-0.2, -0.15) is 0 Å². The summed E-state index contributed by atoms with van der Waals surface area (Å²) in [6.45, 7) is 14.2. The predicted octanol–water partition coefficient (Wildman–Crippen LogP) is 6.02. The van der Waals surface area contributed by atoms with Crippen molar-refractivity contribution in [2.75, 3.05) is 13.2 Å². The van der Waals surface area contributed by atoms with Crippen molar-refractivity contribution in [1.29, 1.82) is 0 Å². The molecule has 0 heterocycles. The fourth-order valence-electron chi connectivity index (χ4n) is 4.09. The fraction of sp³-hybridized carbons (Fsp3) is 0.917. The van der Waals surface area contributed by atoms with Gasteiger partial charge in [-0.05, 0) is 62.2 Å². The van der Waals surface area contributed by atoms with E-state index in [4.69, 9.17) is 9.47 Å². The third-order valence-electron chi connectivity index (χ3n) is 6.42. The van der Waals surface area contributed by atoms with Gasteiger partial charge < -0.3 is 9.47 Å². The molecule has 28 heavy (non-hydrogen) atoms. The third-order valence-corrected chi connectivity index (χ3v) is 6.42. The molecule has 1 aliphatic rings. The highest BCUT2D eigenvalue weighted by Crippen LogP contribution is 2.31. The molecule has 0 aromatic rings. The van der Waals surface area contributed by atoms with E-state index in [1.165, 1.54) is 0 Å². The van der Waals surface area contributed by atoms with Crippen LogP contribution >= 0.6 is 0 Å². The zero-order chi connectivity index (χ0) is 21.1. The summed E-state index contributed by atoms with van der Waals surface area (Å²) in [6, 6.07) is 0. The molecule has 1 fully saturated rings. The maximum Gasteiger partial charge on any atom is 0.308 e. The van der Waals surface area contributed by atoms with Crippen molar-refractivity contribution in [3.8, 4) is 0 Å². The Labute approximate surface area is 173 Å². The van der Waals surface area contributed by atoms with Gasteiger partial charge in [0.05, 0.1) is 25.0 Å². The summed E-state index contributed by atoms with van der Waals surface area (Å²) in [5.41, 5.74) is 0. The molecule has 1 rings (SSSR count). The molecule has 0 aromatic heterocycles. The van der Waals surface area contributed by atoms with Crippen molar-refractivity contribution < 1.29 is 19.1 Å². The summed E-state index contributed by atoms with van der Waals surface area (Å²) in [4.78, 5) is 24.7. The molecular weight excluding hydrogens is 352 g/mol. The minimum Gasteiger partial charge on any atom is -0.465 e. The van der Waals surface area contributed by atoms with Crippen LogP contribution in [0.25, 0.3) is 0 Å². The summed E-state index contributed by atoms with van der Waals surface area (Å²) >= 11 is 0. The van der Waals surface area contributed by atoms with E-state index in [2.05, 4.69) is 41.5 Å². The summed E-state index contributed by atoms with van der Waals surface area (Å²) in [5.74, 6) is 1.89. The van der Waals surface area contributed by atoms with E-state index in [-0.39, 0.29) is 23.8 Å². The topological polar surface area (TPSA) is 52.6 Å². The lowest BCUT2D eigenvalue weighted by molar-refractivity contribution is -0.156. The Kier molecular flexibility index (Phi) is 11.8. The molecule has 4 nitrogen and oxygen atoms in total. The standard InChI is InChI=1S/C24H44O4/c1-7-17(3)13-19(5)15-27-23(25)21-9-11-22(12-10-21)24(26)28-16-20(6)14-18(4)8-2/h17-22H,7-16H2,1-6H3. The SMILES string of the molecule is CCC(C)CC(C)COC(=O)C1CCC(C(=O)OCC(C)CC(C)CC)CC1. The van der Waals surface area contributed by atoms with Crippen LogP contribution in [0.1, 0.15) is 92.9 Å². The minimum atomic E-state index is -0.0787. The van der Waals surface area contributed by atoms with Crippen molar-refractivity contribution in [2.45, 2.75) is 92.9 Å². The van der Waals surface area contributed by atoms with Gasteiger partial charge in [0, 0.05) is 0 Å². The van der Waals surface area contributed by atoms with Crippen molar-refractivity contribution >= 4 is 11.9 Å². The monoisotopic (exact) mass is 396 g/mol. The van der Waals surface area contributed by atoms with Crippen LogP contribution in [0.2, 0.25) is 0 Å². The highest BCUT2D eigenvalue weighted by molar-refractivity contribution is 5.75. The Bertz CT molecular complexity index is 412. The van der Waals surface area contributed by atoms with Crippen molar-refractivity contribution in [1.82, 2.24) is 0 Å². The largest absolute Gasteiger partial charge is 0.465 e. The molecule has 0 aliphatic heterocycles. The van der Waals surface area contributed by atoms with Crippen LogP contribution in [-0.2, 0) is 19.1 Å². The first-order valence-corrected chi connectivity index (χ1v) is 11.6. The third kappa shape index (κ3) is 9.43. The van der Waals surface area contributed by atoms with Gasteiger partial charge in [-0.1, -0.05) is 54.4 Å². The Hall–Kier alpha value is -1.06. The highest BCUT2D eigenvalue weighted by Gasteiger charge is 2.32. The van der Waals surface area contributed by atoms with Gasteiger partial charge in [0.1, 0.15) is 0 Å². The summed E-state index contributed by atoms with van der Waals surface area (Å²) in [6.07, 6.45) is 7.46. The molecule has 0 N–H and O–H groups in total.